The molecular weight excluding hydrogens is 256 g/mol. The number of nitrogens with zero attached hydrogens (tertiary/aromatic N) is 3. The van der Waals surface area contributed by atoms with Gasteiger partial charge in [-0.15, -0.1) is 0 Å². The normalized spacial score (nSPS) is 10.4. The van der Waals surface area contributed by atoms with Gasteiger partial charge in [0.05, 0.1) is 19.8 Å². The smallest absolute Gasteiger partial charge is 0.167 e. The summed E-state index contributed by atoms with van der Waals surface area (Å²) in [5.74, 6) is 3.32. The van der Waals surface area contributed by atoms with Crippen LogP contribution in [0.5, 0.6) is 11.5 Å². The minimum Gasteiger partial charge on any atom is -0.497 e. The van der Waals surface area contributed by atoms with E-state index >= 15 is 0 Å². The molecule has 0 fully saturated rings. The molecule has 0 atom stereocenters. The number of aromatic nitrogens is 3. The van der Waals surface area contributed by atoms with Gasteiger partial charge in [-0.05, 0) is 25.6 Å². The molecule has 6 heteroatoms. The van der Waals surface area contributed by atoms with E-state index in [4.69, 9.17) is 15.2 Å². The third kappa shape index (κ3) is 3.03. The van der Waals surface area contributed by atoms with Crippen molar-refractivity contribution in [1.82, 2.24) is 15.0 Å². The first-order chi connectivity index (χ1) is 9.67. The Hall–Kier alpha value is -2.21. The number of hydrogen-bond acceptors (Lipinski definition) is 6. The fraction of sp³-hybridized carbons (Fsp3) is 0.357. The molecule has 0 aliphatic heterocycles. The Morgan fingerprint density at radius 3 is 2.55 bits per heavy atom. The Morgan fingerprint density at radius 1 is 1.10 bits per heavy atom. The molecule has 0 aliphatic carbocycles. The third-order valence-corrected chi connectivity index (χ3v) is 2.81. The maximum atomic E-state index is 5.55. The van der Waals surface area contributed by atoms with Gasteiger partial charge in [0.1, 0.15) is 23.1 Å². The van der Waals surface area contributed by atoms with E-state index in [0.717, 1.165) is 11.3 Å². The van der Waals surface area contributed by atoms with Crippen LogP contribution in [0.15, 0.2) is 18.2 Å². The molecule has 20 heavy (non-hydrogen) atoms. The lowest BCUT2D eigenvalue weighted by Crippen LogP contribution is -2.09. The molecule has 0 bridgehead atoms. The fourth-order valence-corrected chi connectivity index (χ4v) is 1.88. The number of nitrogens with two attached hydrogens (primary N) is 1. The number of hydrogen-bond donors (Lipinski definition) is 1. The first kappa shape index (κ1) is 14.2. The summed E-state index contributed by atoms with van der Waals surface area (Å²) in [6, 6.07) is 5.52. The molecule has 6 nitrogen and oxygen atoms in total. The van der Waals surface area contributed by atoms with Crippen LogP contribution in [0.25, 0.3) is 11.4 Å². The van der Waals surface area contributed by atoms with Crippen LogP contribution < -0.4 is 15.2 Å². The largest absolute Gasteiger partial charge is 0.497 e. The van der Waals surface area contributed by atoms with Crippen LogP contribution in [0.4, 0.5) is 0 Å². The van der Waals surface area contributed by atoms with Gasteiger partial charge in [-0.2, -0.15) is 0 Å². The Balaban J connectivity index is 2.50. The van der Waals surface area contributed by atoms with Crippen molar-refractivity contribution >= 4 is 0 Å². The van der Waals surface area contributed by atoms with Gasteiger partial charge in [-0.25, -0.2) is 15.0 Å². The molecule has 0 radical (unpaired) electrons. The van der Waals surface area contributed by atoms with Gasteiger partial charge in [0, 0.05) is 12.5 Å². The number of aryl methyl sites for hydroxylation is 1. The second-order valence-corrected chi connectivity index (χ2v) is 4.23. The Morgan fingerprint density at radius 2 is 1.90 bits per heavy atom. The van der Waals surface area contributed by atoms with Crippen molar-refractivity contribution in [2.75, 3.05) is 20.8 Å². The zero-order valence-electron chi connectivity index (χ0n) is 11.9. The molecule has 2 aromatic rings. The predicted octanol–water partition coefficient (Wildman–Crippen LogP) is 1.37. The quantitative estimate of drug-likeness (QED) is 0.886. The first-order valence-corrected chi connectivity index (χ1v) is 6.32. The van der Waals surface area contributed by atoms with Crippen molar-refractivity contribution < 1.29 is 9.47 Å². The summed E-state index contributed by atoms with van der Waals surface area (Å²) in [5, 5.41) is 0. The van der Waals surface area contributed by atoms with Crippen LogP contribution >= 0.6 is 0 Å². The van der Waals surface area contributed by atoms with Crippen LogP contribution in [0.1, 0.15) is 11.6 Å². The van der Waals surface area contributed by atoms with Crippen LogP contribution in [0.3, 0.4) is 0 Å². The van der Waals surface area contributed by atoms with Crippen molar-refractivity contribution in [3.8, 4) is 22.9 Å². The van der Waals surface area contributed by atoms with Gasteiger partial charge in [0.15, 0.2) is 5.82 Å². The van der Waals surface area contributed by atoms with E-state index < -0.39 is 0 Å². The average Bonchev–Trinajstić information content (AvgIpc) is 2.46. The molecule has 1 aromatic heterocycles. The van der Waals surface area contributed by atoms with E-state index in [-0.39, 0.29) is 0 Å². The molecule has 0 unspecified atom stereocenters. The minimum atomic E-state index is 0.503. The van der Waals surface area contributed by atoms with Crippen LogP contribution in [-0.4, -0.2) is 35.7 Å². The highest BCUT2D eigenvalue weighted by Gasteiger charge is 2.12. The number of ether oxygens (including phenoxy) is 2. The lowest BCUT2D eigenvalue weighted by Gasteiger charge is -2.10. The van der Waals surface area contributed by atoms with E-state index in [1.54, 1.807) is 20.3 Å². The SMILES string of the molecule is COc1ccc(-c2nc(C)nc(CCN)n2)c(OC)c1. The van der Waals surface area contributed by atoms with Gasteiger partial charge in [0.25, 0.3) is 0 Å². The van der Waals surface area contributed by atoms with Crippen molar-refractivity contribution in [3.63, 3.8) is 0 Å². The molecule has 0 amide bonds. The Labute approximate surface area is 118 Å². The fourth-order valence-electron chi connectivity index (χ4n) is 1.88. The monoisotopic (exact) mass is 274 g/mol. The predicted molar refractivity (Wildman–Crippen MR) is 75.9 cm³/mol. The standard InChI is InChI=1S/C14H18N4O2/c1-9-16-13(6-7-15)18-14(17-9)11-5-4-10(19-2)8-12(11)20-3/h4-5,8H,6-7,15H2,1-3H3. The second kappa shape index (κ2) is 6.29. The van der Waals surface area contributed by atoms with Gasteiger partial charge < -0.3 is 15.2 Å². The molecular formula is C14H18N4O2. The van der Waals surface area contributed by atoms with Gasteiger partial charge in [0.2, 0.25) is 0 Å². The molecule has 1 aromatic carbocycles. The molecule has 106 valence electrons. The zero-order chi connectivity index (χ0) is 14.5. The molecule has 2 rings (SSSR count). The lowest BCUT2D eigenvalue weighted by molar-refractivity contribution is 0.395. The topological polar surface area (TPSA) is 83.2 Å². The van der Waals surface area contributed by atoms with Gasteiger partial charge in [-0.3, -0.25) is 0 Å². The molecule has 2 N–H and O–H groups in total. The van der Waals surface area contributed by atoms with Gasteiger partial charge >= 0.3 is 0 Å². The van der Waals surface area contributed by atoms with Gasteiger partial charge in [-0.1, -0.05) is 0 Å². The summed E-state index contributed by atoms with van der Waals surface area (Å²) >= 11 is 0. The molecule has 0 aliphatic rings. The average molecular weight is 274 g/mol. The first-order valence-electron chi connectivity index (χ1n) is 6.32. The molecule has 0 spiro atoms. The van der Waals surface area contributed by atoms with Crippen molar-refractivity contribution in [1.29, 1.82) is 0 Å². The van der Waals surface area contributed by atoms with Crippen molar-refractivity contribution in [3.05, 3.63) is 29.8 Å². The van der Waals surface area contributed by atoms with Crippen LogP contribution in [-0.2, 0) is 6.42 Å². The lowest BCUT2D eigenvalue weighted by atomic mass is 10.1. The maximum absolute atomic E-state index is 5.55. The summed E-state index contributed by atoms with van der Waals surface area (Å²) < 4.78 is 10.6. The van der Waals surface area contributed by atoms with E-state index in [1.165, 1.54) is 0 Å². The minimum absolute atomic E-state index is 0.503. The highest BCUT2D eigenvalue weighted by molar-refractivity contribution is 5.65. The molecule has 0 saturated carbocycles. The van der Waals surface area contributed by atoms with Crippen molar-refractivity contribution in [2.45, 2.75) is 13.3 Å². The van der Waals surface area contributed by atoms with Crippen molar-refractivity contribution in [2.24, 2.45) is 5.73 Å². The molecule has 1 heterocycles. The summed E-state index contributed by atoms with van der Waals surface area (Å²) in [6.07, 6.45) is 0.620. The summed E-state index contributed by atoms with van der Waals surface area (Å²) in [5.41, 5.74) is 6.35. The van der Waals surface area contributed by atoms with E-state index in [9.17, 15) is 0 Å². The second-order valence-electron chi connectivity index (χ2n) is 4.23. The van der Waals surface area contributed by atoms with Crippen LogP contribution in [0, 0.1) is 6.92 Å². The Bertz CT molecular complexity index is 602. The summed E-state index contributed by atoms with van der Waals surface area (Å²) in [4.78, 5) is 13.1. The number of methoxy groups -OCH3 is 2. The van der Waals surface area contributed by atoms with Crippen LogP contribution in [0.2, 0.25) is 0 Å². The summed E-state index contributed by atoms with van der Waals surface area (Å²) in [6.45, 7) is 2.34. The summed E-state index contributed by atoms with van der Waals surface area (Å²) in [7, 11) is 3.22. The van der Waals surface area contributed by atoms with E-state index in [2.05, 4.69) is 15.0 Å². The highest BCUT2D eigenvalue weighted by Crippen LogP contribution is 2.31. The maximum Gasteiger partial charge on any atom is 0.167 e. The van der Waals surface area contributed by atoms with E-state index in [0.29, 0.717) is 36.2 Å². The third-order valence-electron chi connectivity index (χ3n) is 2.81. The number of benzene rings is 1. The highest BCUT2D eigenvalue weighted by atomic mass is 16.5. The molecule has 0 saturated heterocycles. The van der Waals surface area contributed by atoms with E-state index in [1.807, 2.05) is 19.1 Å². The zero-order valence-corrected chi connectivity index (χ0v) is 11.9. The Kier molecular flexibility index (Phi) is 4.47. The number of rotatable bonds is 5.